The summed E-state index contributed by atoms with van der Waals surface area (Å²) in [5.74, 6) is 0.406. The molecule has 0 heterocycles. The third-order valence-corrected chi connectivity index (χ3v) is 2.93. The number of halogens is 4. The van der Waals surface area contributed by atoms with Crippen LogP contribution >= 0.6 is 24.0 Å². The van der Waals surface area contributed by atoms with Crippen molar-refractivity contribution in [1.82, 2.24) is 15.5 Å². The number of hydrogen-bond acceptors (Lipinski definition) is 2. The van der Waals surface area contributed by atoms with E-state index in [2.05, 4.69) is 41.3 Å². The Morgan fingerprint density at radius 2 is 1.75 bits per heavy atom. The van der Waals surface area contributed by atoms with Crippen molar-refractivity contribution < 1.29 is 13.2 Å². The summed E-state index contributed by atoms with van der Waals surface area (Å²) in [5.41, 5.74) is 0. The first kappa shape index (κ1) is 22.0. The number of alkyl halides is 3. The number of nitrogens with one attached hydrogen (secondary N) is 2. The van der Waals surface area contributed by atoms with Gasteiger partial charge in [-0.3, -0.25) is 9.89 Å². The van der Waals surface area contributed by atoms with E-state index in [1.54, 1.807) is 7.05 Å². The van der Waals surface area contributed by atoms with Crippen molar-refractivity contribution in [2.24, 2.45) is 4.99 Å². The van der Waals surface area contributed by atoms with Crippen molar-refractivity contribution in [3.63, 3.8) is 0 Å². The van der Waals surface area contributed by atoms with Crippen LogP contribution in [0, 0.1) is 0 Å². The highest BCUT2D eigenvalue weighted by atomic mass is 127. The Kier molecular flexibility index (Phi) is 12.6. The molecule has 0 spiro atoms. The standard InChI is InChI=1S/C12H25F3N4.HI/c1-5-19(6-2)10(3)9-18-11(16-4)17-8-7-12(13,14)15;/h10H,5-9H2,1-4H3,(H2,16,17,18);1H. The second kappa shape index (κ2) is 11.4. The maximum Gasteiger partial charge on any atom is 0.390 e. The predicted octanol–water partition coefficient (Wildman–Crippen LogP) is 2.45. The number of guanidine groups is 1. The molecule has 0 saturated heterocycles. The van der Waals surface area contributed by atoms with Gasteiger partial charge in [0.2, 0.25) is 0 Å². The van der Waals surface area contributed by atoms with Gasteiger partial charge >= 0.3 is 6.18 Å². The van der Waals surface area contributed by atoms with E-state index in [0.29, 0.717) is 18.5 Å². The van der Waals surface area contributed by atoms with Crippen molar-refractivity contribution in [3.05, 3.63) is 0 Å². The summed E-state index contributed by atoms with van der Waals surface area (Å²) in [4.78, 5) is 6.16. The quantitative estimate of drug-likeness (QED) is 0.385. The molecule has 0 amide bonds. The second-order valence-corrected chi connectivity index (χ2v) is 4.32. The van der Waals surface area contributed by atoms with Crippen LogP contribution in [0.2, 0.25) is 0 Å². The number of likely N-dealkylation sites (N-methyl/N-ethyl adjacent to an activating group) is 1. The third kappa shape index (κ3) is 10.5. The summed E-state index contributed by atoms with van der Waals surface area (Å²) in [6.45, 7) is 8.60. The third-order valence-electron chi connectivity index (χ3n) is 2.93. The zero-order chi connectivity index (χ0) is 14.9. The van der Waals surface area contributed by atoms with Gasteiger partial charge in [-0.1, -0.05) is 13.8 Å². The lowest BCUT2D eigenvalue weighted by atomic mass is 10.3. The van der Waals surface area contributed by atoms with Gasteiger partial charge in [0.1, 0.15) is 0 Å². The molecule has 8 heteroatoms. The lowest BCUT2D eigenvalue weighted by Crippen LogP contribution is -2.46. The van der Waals surface area contributed by atoms with Gasteiger partial charge in [-0.05, 0) is 20.0 Å². The number of rotatable bonds is 7. The molecule has 0 radical (unpaired) electrons. The van der Waals surface area contributed by atoms with Gasteiger partial charge in [0.25, 0.3) is 0 Å². The maximum atomic E-state index is 12.0. The van der Waals surface area contributed by atoms with Crippen LogP contribution in [0.3, 0.4) is 0 Å². The molecule has 0 aromatic heterocycles. The molecule has 0 aromatic rings. The fourth-order valence-electron chi connectivity index (χ4n) is 1.76. The Labute approximate surface area is 136 Å². The highest BCUT2D eigenvalue weighted by Crippen LogP contribution is 2.17. The molecule has 0 bridgehead atoms. The molecule has 2 N–H and O–H groups in total. The smallest absolute Gasteiger partial charge is 0.356 e. The van der Waals surface area contributed by atoms with Crippen LogP contribution in [0.25, 0.3) is 0 Å². The number of hydrogen-bond donors (Lipinski definition) is 2. The van der Waals surface area contributed by atoms with E-state index < -0.39 is 12.6 Å². The van der Waals surface area contributed by atoms with Crippen LogP contribution in [-0.4, -0.2) is 56.3 Å². The molecular formula is C12H26F3IN4. The molecule has 0 saturated carbocycles. The van der Waals surface area contributed by atoms with E-state index in [4.69, 9.17) is 0 Å². The number of nitrogens with zero attached hydrogens (tertiary/aromatic N) is 2. The van der Waals surface area contributed by atoms with Crippen LogP contribution in [0.4, 0.5) is 13.2 Å². The van der Waals surface area contributed by atoms with Crippen LogP contribution in [-0.2, 0) is 0 Å². The summed E-state index contributed by atoms with van der Waals surface area (Å²) in [7, 11) is 1.55. The predicted molar refractivity (Wildman–Crippen MR) is 87.8 cm³/mol. The number of aliphatic imine (C=N–C) groups is 1. The zero-order valence-electron chi connectivity index (χ0n) is 12.5. The molecule has 4 nitrogen and oxygen atoms in total. The van der Waals surface area contributed by atoms with Crippen molar-refractivity contribution in [2.45, 2.75) is 39.4 Å². The summed E-state index contributed by atoms with van der Waals surface area (Å²) in [6.07, 6.45) is -5.00. The second-order valence-electron chi connectivity index (χ2n) is 4.32. The van der Waals surface area contributed by atoms with Crippen LogP contribution in [0.1, 0.15) is 27.2 Å². The minimum Gasteiger partial charge on any atom is -0.356 e. The summed E-state index contributed by atoms with van der Waals surface area (Å²) < 4.78 is 36.0. The lowest BCUT2D eigenvalue weighted by Gasteiger charge is -2.27. The van der Waals surface area contributed by atoms with Crippen LogP contribution < -0.4 is 10.6 Å². The molecule has 1 atom stereocenters. The van der Waals surface area contributed by atoms with Gasteiger partial charge < -0.3 is 10.6 Å². The van der Waals surface area contributed by atoms with Gasteiger partial charge in [0, 0.05) is 26.2 Å². The Morgan fingerprint density at radius 1 is 1.20 bits per heavy atom. The molecule has 0 aromatic carbocycles. The minimum atomic E-state index is -4.14. The normalized spacial score (nSPS) is 13.9. The van der Waals surface area contributed by atoms with Gasteiger partial charge in [0.15, 0.2) is 5.96 Å². The first-order valence-corrected chi connectivity index (χ1v) is 6.59. The summed E-state index contributed by atoms with van der Waals surface area (Å²) in [5, 5.41) is 5.69. The Bertz CT molecular complexity index is 268. The first-order valence-electron chi connectivity index (χ1n) is 6.59. The van der Waals surface area contributed by atoms with Crippen LogP contribution in [0.5, 0.6) is 0 Å². The molecular weight excluding hydrogens is 384 g/mol. The van der Waals surface area contributed by atoms with E-state index in [1.807, 2.05) is 0 Å². The van der Waals surface area contributed by atoms with E-state index >= 15 is 0 Å². The maximum absolute atomic E-state index is 12.0. The van der Waals surface area contributed by atoms with E-state index in [0.717, 1.165) is 13.1 Å². The SMILES string of the molecule is CCN(CC)C(C)CNC(=NC)NCCC(F)(F)F.I. The highest BCUT2D eigenvalue weighted by Gasteiger charge is 2.26. The van der Waals surface area contributed by atoms with E-state index in [1.165, 1.54) is 0 Å². The monoisotopic (exact) mass is 410 g/mol. The van der Waals surface area contributed by atoms with E-state index in [-0.39, 0.29) is 30.5 Å². The fourth-order valence-corrected chi connectivity index (χ4v) is 1.76. The summed E-state index contributed by atoms with van der Waals surface area (Å²) >= 11 is 0. The minimum absolute atomic E-state index is 0. The van der Waals surface area contributed by atoms with Crippen LogP contribution in [0.15, 0.2) is 4.99 Å². The molecule has 0 aliphatic carbocycles. The molecule has 122 valence electrons. The van der Waals surface area contributed by atoms with Gasteiger partial charge in [-0.25, -0.2) is 0 Å². The van der Waals surface area contributed by atoms with E-state index in [9.17, 15) is 13.2 Å². The van der Waals surface area contributed by atoms with Crippen molar-refractivity contribution in [1.29, 1.82) is 0 Å². The van der Waals surface area contributed by atoms with Crippen molar-refractivity contribution in [3.8, 4) is 0 Å². The van der Waals surface area contributed by atoms with Crippen molar-refractivity contribution in [2.75, 3.05) is 33.2 Å². The van der Waals surface area contributed by atoms with Gasteiger partial charge in [-0.2, -0.15) is 13.2 Å². The van der Waals surface area contributed by atoms with Gasteiger partial charge in [-0.15, -0.1) is 24.0 Å². The molecule has 0 fully saturated rings. The van der Waals surface area contributed by atoms with Crippen molar-refractivity contribution >= 4 is 29.9 Å². The zero-order valence-corrected chi connectivity index (χ0v) is 14.9. The Morgan fingerprint density at radius 3 is 2.15 bits per heavy atom. The Hall–Kier alpha value is -0.250. The summed E-state index contributed by atoms with van der Waals surface area (Å²) in [6, 6.07) is 0.302. The topological polar surface area (TPSA) is 39.7 Å². The first-order chi connectivity index (χ1) is 8.84. The van der Waals surface area contributed by atoms with Gasteiger partial charge in [0.05, 0.1) is 6.42 Å². The molecule has 1 unspecified atom stereocenters. The Balaban J connectivity index is 0. The molecule has 0 rings (SSSR count). The molecule has 0 aliphatic heterocycles. The average Bonchev–Trinajstić information content (AvgIpc) is 2.33. The highest BCUT2D eigenvalue weighted by molar-refractivity contribution is 14.0. The fraction of sp³-hybridized carbons (Fsp3) is 0.917. The average molecular weight is 410 g/mol. The molecule has 0 aliphatic rings. The lowest BCUT2D eigenvalue weighted by molar-refractivity contribution is -0.132. The largest absolute Gasteiger partial charge is 0.390 e. The molecule has 20 heavy (non-hydrogen) atoms.